The molecule has 0 saturated carbocycles. The summed E-state index contributed by atoms with van der Waals surface area (Å²) in [4.78, 5) is 16.5. The summed E-state index contributed by atoms with van der Waals surface area (Å²) in [6.45, 7) is 6.50. The van der Waals surface area contributed by atoms with Gasteiger partial charge in [-0.1, -0.05) is 25.7 Å². The lowest BCUT2D eigenvalue weighted by Gasteiger charge is -2.21. The summed E-state index contributed by atoms with van der Waals surface area (Å²) in [6.07, 6.45) is 2.84. The van der Waals surface area contributed by atoms with E-state index in [0.717, 1.165) is 30.8 Å². The zero-order valence-electron chi connectivity index (χ0n) is 12.9. The van der Waals surface area contributed by atoms with E-state index >= 15 is 0 Å². The quantitative estimate of drug-likeness (QED) is 0.873. The van der Waals surface area contributed by atoms with Gasteiger partial charge in [-0.15, -0.1) is 11.3 Å². The second kappa shape index (κ2) is 7.63. The SMILES string of the molecule is CC(C)C1CCC(=O)N(Cc2ccc(C#CCN)s2)CC1. The zero-order valence-corrected chi connectivity index (χ0v) is 13.7. The monoisotopic (exact) mass is 304 g/mol. The molecule has 1 amide bonds. The van der Waals surface area contributed by atoms with Crippen molar-refractivity contribution in [3.05, 3.63) is 21.9 Å². The second-order valence-corrected chi connectivity index (χ2v) is 7.09. The van der Waals surface area contributed by atoms with Crippen molar-refractivity contribution in [1.29, 1.82) is 0 Å². The molecule has 4 heteroatoms. The first-order valence-corrected chi connectivity index (χ1v) is 8.47. The van der Waals surface area contributed by atoms with E-state index < -0.39 is 0 Å². The standard InChI is InChI=1S/C17H24N2OS/c1-13(2)14-5-8-17(20)19(11-9-14)12-16-7-6-15(21-16)4-3-10-18/h6-7,13-14H,5,8-12,18H2,1-2H3. The van der Waals surface area contributed by atoms with Gasteiger partial charge >= 0.3 is 0 Å². The third-order valence-corrected chi connectivity index (χ3v) is 5.10. The van der Waals surface area contributed by atoms with Crippen molar-refractivity contribution in [2.45, 2.75) is 39.7 Å². The fourth-order valence-corrected chi connectivity index (χ4v) is 3.65. The van der Waals surface area contributed by atoms with E-state index in [9.17, 15) is 4.79 Å². The third kappa shape index (κ3) is 4.59. The smallest absolute Gasteiger partial charge is 0.222 e. The molecule has 1 saturated heterocycles. The van der Waals surface area contributed by atoms with Crippen LogP contribution >= 0.6 is 11.3 Å². The Hall–Kier alpha value is -1.31. The number of nitrogens with zero attached hydrogens (tertiary/aromatic N) is 1. The fraction of sp³-hybridized carbons (Fsp3) is 0.588. The van der Waals surface area contributed by atoms with Crippen molar-refractivity contribution in [2.75, 3.05) is 13.1 Å². The van der Waals surface area contributed by atoms with Gasteiger partial charge < -0.3 is 10.6 Å². The lowest BCUT2D eigenvalue weighted by molar-refractivity contribution is -0.131. The molecule has 0 aliphatic carbocycles. The summed E-state index contributed by atoms with van der Waals surface area (Å²) in [5.74, 6) is 7.55. The zero-order chi connectivity index (χ0) is 15.2. The van der Waals surface area contributed by atoms with Crippen molar-refractivity contribution in [2.24, 2.45) is 17.6 Å². The number of likely N-dealkylation sites (tertiary alicyclic amines) is 1. The summed E-state index contributed by atoms with van der Waals surface area (Å²) < 4.78 is 0. The van der Waals surface area contributed by atoms with Gasteiger partial charge in [-0.05, 0) is 36.8 Å². The maximum absolute atomic E-state index is 12.3. The molecule has 1 aliphatic rings. The highest BCUT2D eigenvalue weighted by atomic mass is 32.1. The molecule has 2 rings (SSSR count). The Labute approximate surface area is 131 Å². The first-order valence-electron chi connectivity index (χ1n) is 7.65. The van der Waals surface area contributed by atoms with Crippen LogP contribution in [0.4, 0.5) is 0 Å². The summed E-state index contributed by atoms with van der Waals surface area (Å²) in [6, 6.07) is 4.09. The molecule has 21 heavy (non-hydrogen) atoms. The van der Waals surface area contributed by atoms with Gasteiger partial charge in [0.1, 0.15) is 0 Å². The van der Waals surface area contributed by atoms with Crippen LogP contribution in [0.25, 0.3) is 0 Å². The van der Waals surface area contributed by atoms with Gasteiger partial charge in [0.05, 0.1) is 18.0 Å². The predicted molar refractivity (Wildman–Crippen MR) is 87.8 cm³/mol. The van der Waals surface area contributed by atoms with Gasteiger partial charge in [0.25, 0.3) is 0 Å². The average molecular weight is 304 g/mol. The molecule has 1 fully saturated rings. The normalized spacial score (nSPS) is 19.3. The highest BCUT2D eigenvalue weighted by Gasteiger charge is 2.24. The summed E-state index contributed by atoms with van der Waals surface area (Å²) in [7, 11) is 0. The third-order valence-electron chi connectivity index (χ3n) is 4.12. The number of carbonyl (C=O) groups excluding carboxylic acids is 1. The molecule has 1 aromatic heterocycles. The summed E-state index contributed by atoms with van der Waals surface area (Å²) >= 11 is 1.66. The highest BCUT2D eigenvalue weighted by Crippen LogP contribution is 2.27. The van der Waals surface area contributed by atoms with E-state index in [4.69, 9.17) is 5.73 Å². The molecule has 2 heterocycles. The summed E-state index contributed by atoms with van der Waals surface area (Å²) in [5.41, 5.74) is 5.38. The molecule has 0 radical (unpaired) electrons. The fourth-order valence-electron chi connectivity index (χ4n) is 2.75. The number of nitrogens with two attached hydrogens (primary N) is 1. The van der Waals surface area contributed by atoms with E-state index in [-0.39, 0.29) is 0 Å². The van der Waals surface area contributed by atoms with E-state index in [1.54, 1.807) is 11.3 Å². The lowest BCUT2D eigenvalue weighted by atomic mass is 9.89. The van der Waals surface area contributed by atoms with Crippen LogP contribution in [0.5, 0.6) is 0 Å². The van der Waals surface area contributed by atoms with Crippen LogP contribution in [0.15, 0.2) is 12.1 Å². The molecule has 0 spiro atoms. The van der Waals surface area contributed by atoms with Crippen LogP contribution in [0.1, 0.15) is 42.9 Å². The highest BCUT2D eigenvalue weighted by molar-refractivity contribution is 7.12. The Bertz CT molecular complexity index is 538. The molecule has 2 N–H and O–H groups in total. The number of amides is 1. The van der Waals surface area contributed by atoms with Crippen molar-refractivity contribution >= 4 is 17.2 Å². The molecule has 3 nitrogen and oxygen atoms in total. The van der Waals surface area contributed by atoms with Crippen LogP contribution in [-0.4, -0.2) is 23.9 Å². The van der Waals surface area contributed by atoms with Crippen molar-refractivity contribution in [1.82, 2.24) is 4.90 Å². The van der Waals surface area contributed by atoms with Gasteiger partial charge in [-0.25, -0.2) is 0 Å². The molecular formula is C17H24N2OS. The maximum Gasteiger partial charge on any atom is 0.222 e. The Balaban J connectivity index is 1.98. The summed E-state index contributed by atoms with van der Waals surface area (Å²) in [5, 5.41) is 0. The lowest BCUT2D eigenvalue weighted by Crippen LogP contribution is -2.29. The topological polar surface area (TPSA) is 46.3 Å². The number of hydrogen-bond acceptors (Lipinski definition) is 3. The van der Waals surface area contributed by atoms with Crippen LogP contribution in [0.3, 0.4) is 0 Å². The minimum absolute atomic E-state index is 0.293. The van der Waals surface area contributed by atoms with Crippen LogP contribution < -0.4 is 5.73 Å². The molecule has 1 aromatic rings. The first-order chi connectivity index (χ1) is 10.1. The van der Waals surface area contributed by atoms with Crippen molar-refractivity contribution in [3.63, 3.8) is 0 Å². The Morgan fingerprint density at radius 1 is 1.43 bits per heavy atom. The van der Waals surface area contributed by atoms with Gasteiger partial charge in [0.15, 0.2) is 0 Å². The minimum Gasteiger partial charge on any atom is -0.338 e. The van der Waals surface area contributed by atoms with Crippen molar-refractivity contribution in [3.8, 4) is 11.8 Å². The second-order valence-electron chi connectivity index (χ2n) is 5.92. The minimum atomic E-state index is 0.293. The largest absolute Gasteiger partial charge is 0.338 e. The van der Waals surface area contributed by atoms with Crippen molar-refractivity contribution < 1.29 is 4.79 Å². The van der Waals surface area contributed by atoms with Gasteiger partial charge in [0, 0.05) is 17.8 Å². The number of thiophene rings is 1. The van der Waals surface area contributed by atoms with E-state index in [0.29, 0.717) is 30.7 Å². The Morgan fingerprint density at radius 2 is 2.24 bits per heavy atom. The van der Waals surface area contributed by atoms with E-state index in [1.165, 1.54) is 4.88 Å². The van der Waals surface area contributed by atoms with E-state index in [2.05, 4.69) is 31.8 Å². The Kier molecular flexibility index (Phi) is 5.84. The van der Waals surface area contributed by atoms with Gasteiger partial charge in [0.2, 0.25) is 5.91 Å². The molecule has 0 aromatic carbocycles. The van der Waals surface area contributed by atoms with Crippen LogP contribution in [-0.2, 0) is 11.3 Å². The van der Waals surface area contributed by atoms with Crippen LogP contribution in [0.2, 0.25) is 0 Å². The average Bonchev–Trinajstić information content (AvgIpc) is 2.82. The number of carbonyl (C=O) groups is 1. The van der Waals surface area contributed by atoms with Crippen LogP contribution in [0, 0.1) is 23.7 Å². The van der Waals surface area contributed by atoms with Gasteiger partial charge in [-0.3, -0.25) is 4.79 Å². The molecule has 1 atom stereocenters. The predicted octanol–water partition coefficient (Wildman–Crippen LogP) is 2.84. The first kappa shape index (κ1) is 16.1. The van der Waals surface area contributed by atoms with E-state index in [1.807, 2.05) is 11.0 Å². The molecule has 114 valence electrons. The van der Waals surface area contributed by atoms with Gasteiger partial charge in [-0.2, -0.15) is 0 Å². The molecule has 0 bridgehead atoms. The number of hydrogen-bond donors (Lipinski definition) is 1. The number of rotatable bonds is 3. The Morgan fingerprint density at radius 3 is 2.95 bits per heavy atom. The maximum atomic E-state index is 12.3. The molecule has 1 unspecified atom stereocenters. The molecular weight excluding hydrogens is 280 g/mol. The molecule has 1 aliphatic heterocycles.